The second-order valence-electron chi connectivity index (χ2n) is 6.65. The first-order chi connectivity index (χ1) is 12.6. The maximum Gasteiger partial charge on any atom is 0.259 e. The Labute approximate surface area is 155 Å². The minimum Gasteiger partial charge on any atom is -0.335 e. The van der Waals surface area contributed by atoms with Crippen LogP contribution < -0.4 is 5.56 Å². The third kappa shape index (κ3) is 3.20. The number of H-pyrrole nitrogens is 2. The highest BCUT2D eigenvalue weighted by Gasteiger charge is 2.29. The van der Waals surface area contributed by atoms with E-state index in [0.717, 1.165) is 25.8 Å². The van der Waals surface area contributed by atoms with Crippen LogP contribution >= 0.6 is 12.2 Å². The van der Waals surface area contributed by atoms with Gasteiger partial charge >= 0.3 is 0 Å². The number of fused-ring (bicyclic) bond motifs is 1. The van der Waals surface area contributed by atoms with Crippen molar-refractivity contribution in [2.45, 2.75) is 25.3 Å². The van der Waals surface area contributed by atoms with E-state index in [-0.39, 0.29) is 22.3 Å². The molecule has 1 unspecified atom stereocenters. The zero-order valence-electron chi connectivity index (χ0n) is 14.2. The normalized spacial score (nSPS) is 16.9. The molecule has 1 amide bonds. The van der Waals surface area contributed by atoms with Crippen LogP contribution in [-0.4, -0.2) is 33.4 Å². The Morgan fingerprint density at radius 2 is 1.96 bits per heavy atom. The molecule has 2 N–H and O–H groups in total. The summed E-state index contributed by atoms with van der Waals surface area (Å²) < 4.78 is 0.259. The van der Waals surface area contributed by atoms with Gasteiger partial charge in [-0.1, -0.05) is 30.3 Å². The van der Waals surface area contributed by atoms with Crippen LogP contribution in [0.25, 0.3) is 10.9 Å². The number of benzene rings is 2. The first-order valence-electron chi connectivity index (χ1n) is 8.73. The summed E-state index contributed by atoms with van der Waals surface area (Å²) in [5.41, 5.74) is 2.16. The van der Waals surface area contributed by atoms with E-state index in [4.69, 9.17) is 12.2 Å². The lowest BCUT2D eigenvalue weighted by Crippen LogP contribution is -2.36. The maximum atomic E-state index is 13.1. The molecule has 1 atom stereocenters. The molecule has 3 aromatic rings. The zero-order valence-corrected chi connectivity index (χ0v) is 15.0. The van der Waals surface area contributed by atoms with Crippen molar-refractivity contribution in [1.82, 2.24) is 14.9 Å². The van der Waals surface area contributed by atoms with Crippen LogP contribution in [0.1, 0.15) is 28.8 Å². The fraction of sp³-hybridized carbons (Fsp3) is 0.250. The molecule has 0 spiro atoms. The molecular weight excluding hydrogens is 346 g/mol. The van der Waals surface area contributed by atoms with E-state index in [2.05, 4.69) is 22.1 Å². The van der Waals surface area contributed by atoms with Crippen LogP contribution in [0.2, 0.25) is 0 Å². The number of likely N-dealkylation sites (tertiary alicyclic amines) is 1. The molecule has 132 valence electrons. The summed E-state index contributed by atoms with van der Waals surface area (Å²) in [6.45, 7) is 0.764. The molecule has 26 heavy (non-hydrogen) atoms. The zero-order chi connectivity index (χ0) is 18.1. The molecule has 1 aliphatic rings. The topological polar surface area (TPSA) is 69.0 Å². The van der Waals surface area contributed by atoms with Gasteiger partial charge in [0.2, 0.25) is 0 Å². The highest BCUT2D eigenvalue weighted by Crippen LogP contribution is 2.24. The van der Waals surface area contributed by atoms with Crippen LogP contribution in [-0.2, 0) is 6.42 Å². The molecular formula is C20H19N3O2S. The molecule has 0 bridgehead atoms. The Hall–Kier alpha value is -2.73. The number of hydrogen-bond acceptors (Lipinski definition) is 3. The molecule has 0 aliphatic carbocycles. The van der Waals surface area contributed by atoms with Gasteiger partial charge in [0.15, 0.2) is 4.77 Å². The van der Waals surface area contributed by atoms with E-state index in [1.807, 2.05) is 23.1 Å². The van der Waals surface area contributed by atoms with Crippen LogP contribution in [0.3, 0.4) is 0 Å². The fourth-order valence-electron chi connectivity index (χ4n) is 3.67. The minimum atomic E-state index is -0.245. The average molecular weight is 365 g/mol. The van der Waals surface area contributed by atoms with E-state index in [9.17, 15) is 9.59 Å². The fourth-order valence-corrected chi connectivity index (χ4v) is 3.87. The largest absolute Gasteiger partial charge is 0.335 e. The van der Waals surface area contributed by atoms with Gasteiger partial charge in [0.1, 0.15) is 0 Å². The van der Waals surface area contributed by atoms with E-state index >= 15 is 0 Å². The highest BCUT2D eigenvalue weighted by atomic mass is 32.1. The Morgan fingerprint density at radius 1 is 1.15 bits per heavy atom. The molecule has 1 fully saturated rings. The molecule has 2 heterocycles. The molecule has 0 saturated carbocycles. The van der Waals surface area contributed by atoms with E-state index in [1.165, 1.54) is 5.56 Å². The average Bonchev–Trinajstić information content (AvgIpc) is 3.09. The van der Waals surface area contributed by atoms with Crippen molar-refractivity contribution in [2.75, 3.05) is 6.54 Å². The van der Waals surface area contributed by atoms with Gasteiger partial charge in [0.05, 0.1) is 10.9 Å². The summed E-state index contributed by atoms with van der Waals surface area (Å²) in [6, 6.07) is 15.6. The van der Waals surface area contributed by atoms with E-state index < -0.39 is 0 Å². The first-order valence-corrected chi connectivity index (χ1v) is 9.14. The van der Waals surface area contributed by atoms with Crippen molar-refractivity contribution in [3.05, 3.63) is 74.8 Å². The van der Waals surface area contributed by atoms with Gasteiger partial charge in [0, 0.05) is 18.2 Å². The van der Waals surface area contributed by atoms with Crippen LogP contribution in [0.4, 0.5) is 0 Å². The summed E-state index contributed by atoms with van der Waals surface area (Å²) >= 11 is 5.03. The van der Waals surface area contributed by atoms with E-state index in [0.29, 0.717) is 16.5 Å². The number of carbonyl (C=O) groups excluding carboxylic acids is 1. The van der Waals surface area contributed by atoms with Gasteiger partial charge < -0.3 is 9.88 Å². The number of amides is 1. The van der Waals surface area contributed by atoms with E-state index in [1.54, 1.807) is 18.2 Å². The van der Waals surface area contributed by atoms with Crippen molar-refractivity contribution in [1.29, 1.82) is 0 Å². The second kappa shape index (κ2) is 6.88. The van der Waals surface area contributed by atoms with Gasteiger partial charge in [-0.05, 0) is 55.2 Å². The van der Waals surface area contributed by atoms with Crippen molar-refractivity contribution in [2.24, 2.45) is 0 Å². The van der Waals surface area contributed by atoms with Gasteiger partial charge in [-0.3, -0.25) is 14.6 Å². The van der Waals surface area contributed by atoms with Crippen molar-refractivity contribution in [3.8, 4) is 0 Å². The summed E-state index contributed by atoms with van der Waals surface area (Å²) in [5, 5.41) is 0.498. The quantitative estimate of drug-likeness (QED) is 0.699. The number of rotatable bonds is 3. The molecule has 4 rings (SSSR count). The predicted octanol–water partition coefficient (Wildman–Crippen LogP) is 3.43. The van der Waals surface area contributed by atoms with Gasteiger partial charge in [0.25, 0.3) is 11.5 Å². The number of nitrogens with one attached hydrogen (secondary N) is 2. The monoisotopic (exact) mass is 365 g/mol. The molecule has 1 aliphatic heterocycles. The Kier molecular flexibility index (Phi) is 4.42. The van der Waals surface area contributed by atoms with Gasteiger partial charge in [-0.15, -0.1) is 0 Å². The molecule has 5 nitrogen and oxygen atoms in total. The third-order valence-corrected chi connectivity index (χ3v) is 5.14. The molecule has 0 radical (unpaired) electrons. The smallest absolute Gasteiger partial charge is 0.259 e. The van der Waals surface area contributed by atoms with Crippen molar-refractivity contribution in [3.63, 3.8) is 0 Å². The maximum absolute atomic E-state index is 13.1. The highest BCUT2D eigenvalue weighted by molar-refractivity contribution is 7.71. The first kappa shape index (κ1) is 16.7. The van der Waals surface area contributed by atoms with Gasteiger partial charge in [-0.25, -0.2) is 0 Å². The number of nitrogens with zero attached hydrogens (tertiary/aromatic N) is 1. The third-order valence-electron chi connectivity index (χ3n) is 4.94. The SMILES string of the molecule is O=C(c1ccc2c(=O)[nH]c(=S)[nH]c2c1)N1CCCC1Cc1ccccc1. The summed E-state index contributed by atoms with van der Waals surface area (Å²) in [4.78, 5) is 32.5. The number of aromatic nitrogens is 2. The number of carbonyl (C=O) groups is 1. The second-order valence-corrected chi connectivity index (χ2v) is 7.06. The lowest BCUT2D eigenvalue weighted by Gasteiger charge is -2.25. The van der Waals surface area contributed by atoms with Gasteiger partial charge in [-0.2, -0.15) is 0 Å². The van der Waals surface area contributed by atoms with Crippen LogP contribution in [0.5, 0.6) is 0 Å². The molecule has 1 aromatic heterocycles. The minimum absolute atomic E-state index is 0.00457. The lowest BCUT2D eigenvalue weighted by molar-refractivity contribution is 0.0736. The van der Waals surface area contributed by atoms with Crippen LogP contribution in [0.15, 0.2) is 53.3 Å². The standard InChI is InChI=1S/C20H19N3O2S/c24-18-16-9-8-14(12-17(16)21-20(26)22-18)19(25)23-10-4-7-15(23)11-13-5-2-1-3-6-13/h1-3,5-6,8-9,12,15H,4,7,10-11H2,(H2,21,22,24,26). The van der Waals surface area contributed by atoms with Crippen molar-refractivity contribution >= 4 is 29.0 Å². The Balaban J connectivity index is 1.63. The predicted molar refractivity (Wildman–Crippen MR) is 104 cm³/mol. The summed E-state index contributed by atoms with van der Waals surface area (Å²) in [5.74, 6) is 0.00457. The Bertz CT molecular complexity index is 1070. The molecule has 1 saturated heterocycles. The molecule has 6 heteroatoms. The van der Waals surface area contributed by atoms with Crippen LogP contribution in [0, 0.1) is 4.77 Å². The lowest BCUT2D eigenvalue weighted by atomic mass is 10.0. The molecule has 2 aromatic carbocycles. The Morgan fingerprint density at radius 3 is 2.77 bits per heavy atom. The number of hydrogen-bond donors (Lipinski definition) is 2. The number of aromatic amines is 2. The summed E-state index contributed by atoms with van der Waals surface area (Å²) in [6.07, 6.45) is 2.89. The van der Waals surface area contributed by atoms with Crippen molar-refractivity contribution < 1.29 is 4.79 Å². The summed E-state index contributed by atoms with van der Waals surface area (Å²) in [7, 11) is 0.